The van der Waals surface area contributed by atoms with Crippen molar-refractivity contribution in [1.82, 2.24) is 5.32 Å². The number of hydrogen-bond donors (Lipinski definition) is 2. The second-order valence-corrected chi connectivity index (χ2v) is 5.96. The molecule has 2 nitrogen and oxygen atoms in total. The maximum Gasteiger partial charge on any atom is 0.123 e. The largest absolute Gasteiger partial charge is 0.381 e. The first-order valence-electron chi connectivity index (χ1n) is 7.69. The number of halogens is 1. The van der Waals surface area contributed by atoms with Gasteiger partial charge in [-0.25, -0.2) is 4.39 Å². The van der Waals surface area contributed by atoms with Crippen molar-refractivity contribution in [3.8, 4) is 11.1 Å². The molecule has 1 fully saturated rings. The molecule has 0 aromatic heterocycles. The van der Waals surface area contributed by atoms with E-state index in [0.29, 0.717) is 12.0 Å². The van der Waals surface area contributed by atoms with Crippen LogP contribution in [0.3, 0.4) is 0 Å². The highest BCUT2D eigenvalue weighted by Crippen LogP contribution is 2.45. The van der Waals surface area contributed by atoms with E-state index in [4.69, 9.17) is 0 Å². The molecule has 0 saturated carbocycles. The van der Waals surface area contributed by atoms with Crippen LogP contribution in [0.15, 0.2) is 42.5 Å². The molecule has 2 aliphatic rings. The predicted molar refractivity (Wildman–Crippen MR) is 84.1 cm³/mol. The van der Waals surface area contributed by atoms with Gasteiger partial charge in [-0.2, -0.15) is 0 Å². The predicted octanol–water partition coefficient (Wildman–Crippen LogP) is 3.75. The Balaban J connectivity index is 1.83. The van der Waals surface area contributed by atoms with Gasteiger partial charge in [-0.3, -0.25) is 0 Å². The summed E-state index contributed by atoms with van der Waals surface area (Å²) in [5.74, 6) is 0.351. The Kier molecular flexibility index (Phi) is 3.15. The number of hydrogen-bond acceptors (Lipinski definition) is 2. The molecule has 2 aromatic carbocycles. The highest BCUT2D eigenvalue weighted by atomic mass is 19.1. The Bertz CT molecular complexity index is 668. The van der Waals surface area contributed by atoms with Gasteiger partial charge in [-0.1, -0.05) is 24.3 Å². The van der Waals surface area contributed by atoms with Gasteiger partial charge in [0, 0.05) is 17.6 Å². The number of nitrogens with one attached hydrogen (secondary N) is 2. The van der Waals surface area contributed by atoms with Gasteiger partial charge in [0.2, 0.25) is 0 Å². The zero-order valence-corrected chi connectivity index (χ0v) is 11.9. The fraction of sp³-hybridized carbons (Fsp3) is 0.333. The first-order chi connectivity index (χ1) is 10.3. The van der Waals surface area contributed by atoms with Crippen molar-refractivity contribution in [2.24, 2.45) is 0 Å². The first-order valence-corrected chi connectivity index (χ1v) is 7.69. The molecule has 21 heavy (non-hydrogen) atoms. The maximum atomic E-state index is 13.6. The highest BCUT2D eigenvalue weighted by molar-refractivity contribution is 5.77. The molecule has 2 atom stereocenters. The number of anilines is 1. The summed E-state index contributed by atoms with van der Waals surface area (Å²) in [5, 5.41) is 7.14. The fourth-order valence-electron chi connectivity index (χ4n) is 3.76. The van der Waals surface area contributed by atoms with Crippen LogP contribution in [0, 0.1) is 5.82 Å². The summed E-state index contributed by atoms with van der Waals surface area (Å²) in [6, 6.07) is 13.8. The lowest BCUT2D eigenvalue weighted by Crippen LogP contribution is -2.21. The van der Waals surface area contributed by atoms with Crippen LogP contribution < -0.4 is 10.6 Å². The molecular formula is C18H19FN2. The zero-order chi connectivity index (χ0) is 14.2. The molecule has 3 heteroatoms. The van der Waals surface area contributed by atoms with Crippen molar-refractivity contribution < 1.29 is 4.39 Å². The van der Waals surface area contributed by atoms with Crippen LogP contribution in [0.5, 0.6) is 0 Å². The molecular weight excluding hydrogens is 263 g/mol. The molecule has 2 N–H and O–H groups in total. The van der Waals surface area contributed by atoms with E-state index >= 15 is 0 Å². The molecule has 0 spiro atoms. The van der Waals surface area contributed by atoms with Gasteiger partial charge < -0.3 is 10.6 Å². The van der Waals surface area contributed by atoms with E-state index in [-0.39, 0.29) is 5.82 Å². The van der Waals surface area contributed by atoms with Crippen LogP contribution >= 0.6 is 0 Å². The number of rotatable bonds is 1. The van der Waals surface area contributed by atoms with E-state index in [2.05, 4.69) is 28.8 Å². The van der Waals surface area contributed by atoms with Crippen molar-refractivity contribution in [3.63, 3.8) is 0 Å². The summed E-state index contributed by atoms with van der Waals surface area (Å²) in [6.45, 7) is 2.12. The third kappa shape index (κ3) is 2.22. The third-order valence-electron chi connectivity index (χ3n) is 4.70. The van der Waals surface area contributed by atoms with Crippen LogP contribution in [0.1, 0.15) is 24.3 Å². The number of fused-ring (bicyclic) bond motifs is 3. The first kappa shape index (κ1) is 12.8. The standard InChI is InChI=1S/C18H19FN2/c19-13-4-1-3-12(11-13)14-5-2-6-17-18(14)15-7-9-20-10-8-16(15)21-17/h1-6,11,15-16,20-21H,7-10H2/t15-,16-/m0/s1. The summed E-state index contributed by atoms with van der Waals surface area (Å²) < 4.78 is 13.6. The summed E-state index contributed by atoms with van der Waals surface area (Å²) >= 11 is 0. The molecule has 0 bridgehead atoms. The molecule has 2 aromatic rings. The number of benzene rings is 2. The minimum atomic E-state index is -0.171. The van der Waals surface area contributed by atoms with E-state index in [1.165, 1.54) is 22.9 Å². The van der Waals surface area contributed by atoms with E-state index in [9.17, 15) is 4.39 Å². The summed E-state index contributed by atoms with van der Waals surface area (Å²) in [4.78, 5) is 0. The zero-order valence-electron chi connectivity index (χ0n) is 11.9. The monoisotopic (exact) mass is 282 g/mol. The minimum absolute atomic E-state index is 0.171. The van der Waals surface area contributed by atoms with Crippen molar-refractivity contribution in [1.29, 1.82) is 0 Å². The molecule has 108 valence electrons. The van der Waals surface area contributed by atoms with Crippen molar-refractivity contribution in [2.45, 2.75) is 24.8 Å². The lowest BCUT2D eigenvalue weighted by atomic mass is 9.86. The van der Waals surface area contributed by atoms with Gasteiger partial charge in [-0.05, 0) is 60.8 Å². The smallest absolute Gasteiger partial charge is 0.123 e. The average Bonchev–Trinajstić information content (AvgIpc) is 2.69. The molecule has 2 heterocycles. The van der Waals surface area contributed by atoms with Gasteiger partial charge in [0.25, 0.3) is 0 Å². The van der Waals surface area contributed by atoms with E-state index in [1.54, 1.807) is 12.1 Å². The van der Waals surface area contributed by atoms with E-state index < -0.39 is 0 Å². The van der Waals surface area contributed by atoms with Crippen LogP contribution in [0.25, 0.3) is 11.1 Å². The Morgan fingerprint density at radius 2 is 1.86 bits per heavy atom. The lowest BCUT2D eigenvalue weighted by molar-refractivity contribution is 0.579. The SMILES string of the molecule is Fc1cccc(-c2cccc3c2[C@H]2CCNCC[C@@H]2N3)c1. The van der Waals surface area contributed by atoms with Crippen molar-refractivity contribution in [2.75, 3.05) is 18.4 Å². The summed E-state index contributed by atoms with van der Waals surface area (Å²) in [7, 11) is 0. The molecule has 1 saturated heterocycles. The molecule has 4 rings (SSSR count). The summed E-state index contributed by atoms with van der Waals surface area (Å²) in [6.07, 6.45) is 2.28. The molecule has 2 aliphatic heterocycles. The third-order valence-corrected chi connectivity index (χ3v) is 4.70. The van der Waals surface area contributed by atoms with Gasteiger partial charge >= 0.3 is 0 Å². The van der Waals surface area contributed by atoms with Crippen molar-refractivity contribution >= 4 is 5.69 Å². The normalized spacial score (nSPS) is 23.9. The topological polar surface area (TPSA) is 24.1 Å². The molecule has 0 unspecified atom stereocenters. The van der Waals surface area contributed by atoms with E-state index in [0.717, 1.165) is 31.5 Å². The van der Waals surface area contributed by atoms with Crippen molar-refractivity contribution in [3.05, 3.63) is 53.8 Å². The van der Waals surface area contributed by atoms with Gasteiger partial charge in [0.15, 0.2) is 0 Å². The Hall–Kier alpha value is -1.87. The average molecular weight is 282 g/mol. The Morgan fingerprint density at radius 3 is 2.76 bits per heavy atom. The second kappa shape index (κ2) is 5.15. The van der Waals surface area contributed by atoms with Crippen LogP contribution in [-0.4, -0.2) is 19.1 Å². The maximum absolute atomic E-state index is 13.6. The van der Waals surface area contributed by atoms with E-state index in [1.807, 2.05) is 6.07 Å². The second-order valence-electron chi connectivity index (χ2n) is 5.96. The Morgan fingerprint density at radius 1 is 1.00 bits per heavy atom. The van der Waals surface area contributed by atoms with Crippen LogP contribution in [0.2, 0.25) is 0 Å². The lowest BCUT2D eigenvalue weighted by Gasteiger charge is -2.18. The Labute approximate surface area is 124 Å². The molecule has 0 amide bonds. The van der Waals surface area contributed by atoms with Gasteiger partial charge in [-0.15, -0.1) is 0 Å². The highest BCUT2D eigenvalue weighted by Gasteiger charge is 2.34. The molecule has 0 radical (unpaired) electrons. The van der Waals surface area contributed by atoms with Gasteiger partial charge in [0.1, 0.15) is 5.82 Å². The summed E-state index contributed by atoms with van der Waals surface area (Å²) in [5.41, 5.74) is 4.76. The van der Waals surface area contributed by atoms with Gasteiger partial charge in [0.05, 0.1) is 0 Å². The minimum Gasteiger partial charge on any atom is -0.381 e. The van der Waals surface area contributed by atoms with Crippen LogP contribution in [0.4, 0.5) is 10.1 Å². The fourth-order valence-corrected chi connectivity index (χ4v) is 3.76. The molecule has 0 aliphatic carbocycles. The quantitative estimate of drug-likeness (QED) is 0.832. The van der Waals surface area contributed by atoms with Crippen LogP contribution in [-0.2, 0) is 0 Å².